The molecule has 30 heavy (non-hydrogen) atoms. The molecule has 3 rings (SSSR count). The molecule has 0 saturated carbocycles. The highest BCUT2D eigenvalue weighted by molar-refractivity contribution is 6.14. The number of nitrogens with one attached hydrogen (secondary N) is 1. The molecule has 1 aromatic carbocycles. The fourth-order valence-electron chi connectivity index (χ4n) is 3.49. The number of hydrogen-bond donors (Lipinski definition) is 1. The number of amides is 2. The Labute approximate surface area is 178 Å². The number of fused-ring (bicyclic) bond motifs is 1. The van der Waals surface area contributed by atoms with Crippen molar-refractivity contribution in [2.75, 3.05) is 26.8 Å². The minimum Gasteiger partial charge on any atom is -0.493 e. The van der Waals surface area contributed by atoms with Gasteiger partial charge in [0.1, 0.15) is 11.5 Å². The van der Waals surface area contributed by atoms with Crippen LogP contribution in [0, 0.1) is 5.92 Å². The van der Waals surface area contributed by atoms with E-state index in [-0.39, 0.29) is 18.4 Å². The van der Waals surface area contributed by atoms with E-state index in [0.29, 0.717) is 29.7 Å². The molecule has 0 aliphatic carbocycles. The summed E-state index contributed by atoms with van der Waals surface area (Å²) in [5.74, 6) is 2.20. The zero-order valence-electron chi connectivity index (χ0n) is 18.1. The van der Waals surface area contributed by atoms with Crippen molar-refractivity contribution in [1.82, 2.24) is 10.2 Å². The topological polar surface area (TPSA) is 80.2 Å². The standard InChI is InChI=1S/C23H31N3O4/c1-16(2)10-11-24-22(27)15-30-19-9-8-17(14-20(19)29-3)13-18-23(28)26-12-6-4-5-7-21(26)25-18/h8-9,13-14,16H,4-7,10-12,15H2,1-3H3,(H,24,27). The Kier molecular flexibility index (Phi) is 7.49. The molecular weight excluding hydrogens is 382 g/mol. The summed E-state index contributed by atoms with van der Waals surface area (Å²) >= 11 is 0. The Morgan fingerprint density at radius 1 is 1.27 bits per heavy atom. The van der Waals surface area contributed by atoms with Crippen molar-refractivity contribution in [1.29, 1.82) is 0 Å². The van der Waals surface area contributed by atoms with Crippen molar-refractivity contribution >= 4 is 23.7 Å². The predicted octanol–water partition coefficient (Wildman–Crippen LogP) is 3.39. The van der Waals surface area contributed by atoms with Crippen LogP contribution in [0.5, 0.6) is 11.5 Å². The van der Waals surface area contributed by atoms with Crippen molar-refractivity contribution in [3.63, 3.8) is 0 Å². The van der Waals surface area contributed by atoms with E-state index < -0.39 is 0 Å². The highest BCUT2D eigenvalue weighted by Gasteiger charge is 2.30. The molecule has 2 heterocycles. The SMILES string of the molecule is COc1cc(C=C2N=C3CCCCCN3C2=O)ccc1OCC(=O)NCCC(C)C. The largest absolute Gasteiger partial charge is 0.493 e. The summed E-state index contributed by atoms with van der Waals surface area (Å²) < 4.78 is 11.0. The van der Waals surface area contributed by atoms with E-state index in [1.54, 1.807) is 30.2 Å². The maximum absolute atomic E-state index is 12.7. The lowest BCUT2D eigenvalue weighted by Gasteiger charge is -2.14. The van der Waals surface area contributed by atoms with Crippen LogP contribution in [0.2, 0.25) is 0 Å². The lowest BCUT2D eigenvalue weighted by Crippen LogP contribution is -2.31. The number of rotatable bonds is 8. The van der Waals surface area contributed by atoms with Crippen molar-refractivity contribution in [3.8, 4) is 11.5 Å². The van der Waals surface area contributed by atoms with E-state index in [9.17, 15) is 9.59 Å². The van der Waals surface area contributed by atoms with Gasteiger partial charge in [0.05, 0.1) is 7.11 Å². The number of carbonyl (C=O) groups excluding carboxylic acids is 2. The summed E-state index contributed by atoms with van der Waals surface area (Å²) in [7, 11) is 1.55. The maximum Gasteiger partial charge on any atom is 0.277 e. The van der Waals surface area contributed by atoms with Gasteiger partial charge in [0.15, 0.2) is 18.1 Å². The Bertz CT molecular complexity index is 845. The molecule has 1 fully saturated rings. The van der Waals surface area contributed by atoms with Crippen molar-refractivity contribution in [2.45, 2.75) is 46.0 Å². The summed E-state index contributed by atoms with van der Waals surface area (Å²) in [6, 6.07) is 5.37. The predicted molar refractivity (Wildman–Crippen MR) is 117 cm³/mol. The molecule has 0 atom stereocenters. The van der Waals surface area contributed by atoms with E-state index in [1.165, 1.54) is 0 Å². The smallest absolute Gasteiger partial charge is 0.277 e. The molecule has 0 spiro atoms. The van der Waals surface area contributed by atoms with Gasteiger partial charge >= 0.3 is 0 Å². The molecule has 2 aliphatic rings. The Morgan fingerprint density at radius 3 is 2.87 bits per heavy atom. The first-order chi connectivity index (χ1) is 14.5. The highest BCUT2D eigenvalue weighted by atomic mass is 16.5. The fourth-order valence-corrected chi connectivity index (χ4v) is 3.49. The number of carbonyl (C=O) groups is 2. The molecule has 1 aromatic rings. The van der Waals surface area contributed by atoms with Gasteiger partial charge in [-0.05, 0) is 49.0 Å². The third kappa shape index (κ3) is 5.62. The molecular formula is C23H31N3O4. The lowest BCUT2D eigenvalue weighted by molar-refractivity contribution is -0.123. The van der Waals surface area contributed by atoms with Gasteiger partial charge in [-0.15, -0.1) is 0 Å². The Hall–Kier alpha value is -2.83. The van der Waals surface area contributed by atoms with Crippen LogP contribution < -0.4 is 14.8 Å². The monoisotopic (exact) mass is 413 g/mol. The molecule has 162 valence electrons. The second-order valence-corrected chi connectivity index (χ2v) is 8.06. The lowest BCUT2D eigenvalue weighted by atomic mass is 10.1. The summed E-state index contributed by atoms with van der Waals surface area (Å²) in [4.78, 5) is 31.0. The molecule has 0 unspecified atom stereocenters. The first kappa shape index (κ1) is 21.9. The quantitative estimate of drug-likeness (QED) is 0.663. The Balaban J connectivity index is 1.65. The molecule has 0 radical (unpaired) electrons. The van der Waals surface area contributed by atoms with Gasteiger partial charge < -0.3 is 14.8 Å². The van der Waals surface area contributed by atoms with Crippen molar-refractivity contribution in [3.05, 3.63) is 29.5 Å². The van der Waals surface area contributed by atoms with Gasteiger partial charge in [-0.25, -0.2) is 4.99 Å². The number of ether oxygens (including phenoxy) is 2. The van der Waals surface area contributed by atoms with Crippen LogP contribution in [0.4, 0.5) is 0 Å². The van der Waals surface area contributed by atoms with Gasteiger partial charge in [0, 0.05) is 19.5 Å². The minimum atomic E-state index is -0.163. The number of nitrogens with zero attached hydrogens (tertiary/aromatic N) is 2. The second kappa shape index (κ2) is 10.3. The number of aliphatic imine (C=N–C) groups is 1. The van der Waals surface area contributed by atoms with E-state index in [1.807, 2.05) is 6.07 Å². The number of hydrogen-bond acceptors (Lipinski definition) is 5. The average Bonchev–Trinajstić information content (AvgIpc) is 2.88. The van der Waals surface area contributed by atoms with Crippen LogP contribution in [-0.4, -0.2) is 49.4 Å². The molecule has 0 bridgehead atoms. The number of amidine groups is 1. The zero-order chi connectivity index (χ0) is 21.5. The number of methoxy groups -OCH3 is 1. The molecule has 7 nitrogen and oxygen atoms in total. The molecule has 0 aromatic heterocycles. The molecule has 2 amide bonds. The zero-order valence-corrected chi connectivity index (χ0v) is 18.1. The summed E-state index contributed by atoms with van der Waals surface area (Å²) in [6.07, 6.45) is 6.77. The van der Waals surface area contributed by atoms with Gasteiger partial charge in [0.2, 0.25) is 0 Å². The van der Waals surface area contributed by atoms with E-state index >= 15 is 0 Å². The van der Waals surface area contributed by atoms with E-state index in [0.717, 1.165) is 50.0 Å². The van der Waals surface area contributed by atoms with Gasteiger partial charge in [-0.3, -0.25) is 14.5 Å². The van der Waals surface area contributed by atoms with Gasteiger partial charge in [-0.1, -0.05) is 26.3 Å². The second-order valence-electron chi connectivity index (χ2n) is 8.06. The van der Waals surface area contributed by atoms with Crippen LogP contribution in [-0.2, 0) is 9.59 Å². The first-order valence-electron chi connectivity index (χ1n) is 10.7. The molecule has 1 saturated heterocycles. The van der Waals surface area contributed by atoms with Crippen molar-refractivity contribution < 1.29 is 19.1 Å². The van der Waals surface area contributed by atoms with Gasteiger partial charge in [0.25, 0.3) is 11.8 Å². The third-order valence-electron chi connectivity index (χ3n) is 5.20. The average molecular weight is 414 g/mol. The van der Waals surface area contributed by atoms with Crippen LogP contribution in [0.25, 0.3) is 6.08 Å². The van der Waals surface area contributed by atoms with Crippen LogP contribution in [0.3, 0.4) is 0 Å². The van der Waals surface area contributed by atoms with Crippen LogP contribution in [0.15, 0.2) is 28.9 Å². The highest BCUT2D eigenvalue weighted by Crippen LogP contribution is 2.30. The normalized spacial score (nSPS) is 17.6. The summed E-state index contributed by atoms with van der Waals surface area (Å²) in [5.41, 5.74) is 1.25. The minimum absolute atomic E-state index is 0.0377. The van der Waals surface area contributed by atoms with Crippen LogP contribution >= 0.6 is 0 Å². The van der Waals surface area contributed by atoms with Crippen molar-refractivity contribution in [2.24, 2.45) is 10.9 Å². The van der Waals surface area contributed by atoms with Crippen LogP contribution in [0.1, 0.15) is 51.5 Å². The summed E-state index contributed by atoms with van der Waals surface area (Å²) in [6.45, 7) is 5.53. The van der Waals surface area contributed by atoms with Gasteiger partial charge in [-0.2, -0.15) is 0 Å². The maximum atomic E-state index is 12.7. The van der Waals surface area contributed by atoms with E-state index in [4.69, 9.17) is 9.47 Å². The third-order valence-corrected chi connectivity index (χ3v) is 5.20. The molecule has 1 N–H and O–H groups in total. The number of benzene rings is 1. The molecule has 2 aliphatic heterocycles. The fraction of sp³-hybridized carbons (Fsp3) is 0.522. The Morgan fingerprint density at radius 2 is 2.10 bits per heavy atom. The van der Waals surface area contributed by atoms with E-state index in [2.05, 4.69) is 24.2 Å². The molecule has 7 heteroatoms. The first-order valence-corrected chi connectivity index (χ1v) is 10.7. The summed E-state index contributed by atoms with van der Waals surface area (Å²) in [5, 5.41) is 2.84.